The van der Waals surface area contributed by atoms with Crippen molar-refractivity contribution in [1.29, 1.82) is 0 Å². The second kappa shape index (κ2) is 12.5. The number of rotatable bonds is 9. The largest absolute Gasteiger partial charge is 0.480 e. The van der Waals surface area contributed by atoms with Crippen molar-refractivity contribution in [3.05, 3.63) is 167 Å². The summed E-state index contributed by atoms with van der Waals surface area (Å²) >= 11 is 0. The van der Waals surface area contributed by atoms with Crippen LogP contribution in [0.2, 0.25) is 0 Å². The molecule has 2 amide bonds. The van der Waals surface area contributed by atoms with Crippen LogP contribution >= 0.6 is 0 Å². The van der Waals surface area contributed by atoms with E-state index in [4.69, 9.17) is 4.74 Å². The maximum atomic E-state index is 14.3. The van der Waals surface area contributed by atoms with Gasteiger partial charge in [0.25, 0.3) is 0 Å². The number of fused-ring (bicyclic) bond motifs is 3. The predicted octanol–water partition coefficient (Wildman–Crippen LogP) is 6.78. The molecule has 0 bridgehead atoms. The van der Waals surface area contributed by atoms with E-state index in [0.29, 0.717) is 0 Å². The molecular weight excluding hydrogens is 564 g/mol. The van der Waals surface area contributed by atoms with Crippen molar-refractivity contribution in [1.82, 2.24) is 10.2 Å². The summed E-state index contributed by atoms with van der Waals surface area (Å²) in [7, 11) is 1.21. The van der Waals surface area contributed by atoms with Crippen LogP contribution < -0.4 is 5.32 Å². The molecule has 0 fully saturated rings. The molecule has 45 heavy (non-hydrogen) atoms. The van der Waals surface area contributed by atoms with Crippen molar-refractivity contribution in [3.63, 3.8) is 0 Å². The zero-order valence-corrected chi connectivity index (χ0v) is 24.7. The fourth-order valence-corrected chi connectivity index (χ4v) is 6.47. The van der Waals surface area contributed by atoms with Gasteiger partial charge < -0.3 is 15.2 Å². The molecule has 0 saturated heterocycles. The molecular formula is C38H32N2O5. The standard InChI is InChI=1S/C38H32N2O5/c1-45-37(44)40(35-31-23-13-11-21-29(31)30-22-12-14-24-32(30)35)33(36(42)43)25-34(41)39-38(26-15-5-2-6-16-26,27-17-7-3-8-18-27)28-19-9-4-10-20-28/h2-24,33,35H,25H2,1H3,(H,39,41)(H,42,43)/t33-/m1/s1. The molecule has 1 aliphatic rings. The van der Waals surface area contributed by atoms with Crippen LogP contribution in [0.25, 0.3) is 11.1 Å². The van der Waals surface area contributed by atoms with Crippen LogP contribution in [0.1, 0.15) is 40.3 Å². The van der Waals surface area contributed by atoms with E-state index >= 15 is 0 Å². The van der Waals surface area contributed by atoms with Gasteiger partial charge in [0, 0.05) is 0 Å². The van der Waals surface area contributed by atoms with E-state index in [1.807, 2.05) is 140 Å². The molecule has 6 rings (SSSR count). The number of hydrogen-bond donors (Lipinski definition) is 2. The molecule has 2 N–H and O–H groups in total. The summed E-state index contributed by atoms with van der Waals surface area (Å²) in [5.74, 6) is -1.87. The highest BCUT2D eigenvalue weighted by Crippen LogP contribution is 2.47. The fourth-order valence-electron chi connectivity index (χ4n) is 6.47. The number of amides is 2. The molecule has 5 aromatic rings. The Labute approximate surface area is 261 Å². The minimum atomic E-state index is -1.54. The van der Waals surface area contributed by atoms with Gasteiger partial charge in [0.05, 0.1) is 19.6 Å². The summed E-state index contributed by atoms with van der Waals surface area (Å²) < 4.78 is 5.17. The average Bonchev–Trinajstić information content (AvgIpc) is 3.42. The highest BCUT2D eigenvalue weighted by molar-refractivity contribution is 5.90. The molecule has 0 heterocycles. The molecule has 224 valence electrons. The Morgan fingerprint density at radius 3 is 1.49 bits per heavy atom. The minimum Gasteiger partial charge on any atom is -0.480 e. The first-order valence-corrected chi connectivity index (χ1v) is 14.7. The van der Waals surface area contributed by atoms with Crippen LogP contribution in [-0.2, 0) is 19.9 Å². The molecule has 0 saturated carbocycles. The van der Waals surface area contributed by atoms with Gasteiger partial charge in [-0.2, -0.15) is 0 Å². The quantitative estimate of drug-likeness (QED) is 0.183. The molecule has 1 atom stereocenters. The molecule has 0 radical (unpaired) electrons. The molecule has 5 aromatic carbocycles. The Bertz CT molecular complexity index is 1680. The predicted molar refractivity (Wildman–Crippen MR) is 171 cm³/mol. The number of ether oxygens (including phenoxy) is 1. The SMILES string of the molecule is COC(=O)N(C1c2ccccc2-c2ccccc21)[C@H](CC(=O)NC(c1ccccc1)(c1ccccc1)c1ccccc1)C(=O)O. The fraction of sp³-hybridized carbons (Fsp3) is 0.132. The van der Waals surface area contributed by atoms with E-state index < -0.39 is 42.0 Å². The molecule has 0 unspecified atom stereocenters. The Kier molecular flexibility index (Phi) is 8.16. The van der Waals surface area contributed by atoms with Crippen LogP contribution in [0.3, 0.4) is 0 Å². The van der Waals surface area contributed by atoms with Gasteiger partial charge in [-0.1, -0.05) is 140 Å². The van der Waals surface area contributed by atoms with Gasteiger partial charge in [-0.15, -0.1) is 0 Å². The Morgan fingerprint density at radius 1 is 0.689 bits per heavy atom. The maximum Gasteiger partial charge on any atom is 0.411 e. The number of carboxylic acids is 1. The van der Waals surface area contributed by atoms with E-state index in [9.17, 15) is 19.5 Å². The van der Waals surface area contributed by atoms with Crippen molar-refractivity contribution < 1.29 is 24.2 Å². The second-order valence-corrected chi connectivity index (χ2v) is 10.9. The maximum absolute atomic E-state index is 14.3. The Balaban J connectivity index is 1.44. The number of nitrogens with one attached hydrogen (secondary N) is 1. The van der Waals surface area contributed by atoms with Crippen molar-refractivity contribution in [2.45, 2.75) is 24.0 Å². The lowest BCUT2D eigenvalue weighted by Crippen LogP contribution is -2.52. The third-order valence-electron chi connectivity index (χ3n) is 8.41. The summed E-state index contributed by atoms with van der Waals surface area (Å²) in [6.45, 7) is 0. The number of aliphatic carboxylic acids is 1. The number of methoxy groups -OCH3 is 1. The molecule has 7 heteroatoms. The number of carbonyl (C=O) groups is 3. The van der Waals surface area contributed by atoms with Gasteiger partial charge in [0.2, 0.25) is 5.91 Å². The number of nitrogens with zero attached hydrogens (tertiary/aromatic N) is 1. The third-order valence-corrected chi connectivity index (χ3v) is 8.41. The number of carboxylic acid groups (broad SMARTS) is 1. The second-order valence-electron chi connectivity index (χ2n) is 10.9. The van der Waals surface area contributed by atoms with E-state index in [-0.39, 0.29) is 0 Å². The van der Waals surface area contributed by atoms with E-state index in [1.54, 1.807) is 0 Å². The van der Waals surface area contributed by atoms with Crippen LogP contribution in [0.4, 0.5) is 4.79 Å². The first-order valence-electron chi connectivity index (χ1n) is 14.7. The van der Waals surface area contributed by atoms with E-state index in [0.717, 1.165) is 38.9 Å². The number of hydrogen-bond acceptors (Lipinski definition) is 4. The zero-order valence-electron chi connectivity index (χ0n) is 24.7. The monoisotopic (exact) mass is 596 g/mol. The minimum absolute atomic E-state index is 0.514. The van der Waals surface area contributed by atoms with Crippen molar-refractivity contribution in [2.24, 2.45) is 0 Å². The summed E-state index contributed by atoms with van der Waals surface area (Å²) in [6, 6.07) is 41.5. The Hall–Kier alpha value is -5.69. The lowest BCUT2D eigenvalue weighted by Gasteiger charge is -2.38. The first-order chi connectivity index (χ1) is 22.0. The van der Waals surface area contributed by atoms with Gasteiger partial charge >= 0.3 is 12.1 Å². The van der Waals surface area contributed by atoms with Crippen LogP contribution in [0.5, 0.6) is 0 Å². The van der Waals surface area contributed by atoms with Gasteiger partial charge in [-0.05, 0) is 38.9 Å². The number of benzene rings is 5. The van der Waals surface area contributed by atoms with Crippen molar-refractivity contribution in [3.8, 4) is 11.1 Å². The normalized spacial score (nSPS) is 12.8. The van der Waals surface area contributed by atoms with Crippen molar-refractivity contribution >= 4 is 18.0 Å². The van der Waals surface area contributed by atoms with Crippen molar-refractivity contribution in [2.75, 3.05) is 7.11 Å². The lowest BCUT2D eigenvalue weighted by atomic mass is 9.77. The summed E-state index contributed by atoms with van der Waals surface area (Å²) in [4.78, 5) is 42.0. The van der Waals surface area contributed by atoms with Gasteiger partial charge in [-0.3, -0.25) is 9.69 Å². The summed E-state index contributed by atoms with van der Waals surface area (Å²) in [5, 5.41) is 13.8. The molecule has 0 aliphatic heterocycles. The van der Waals surface area contributed by atoms with Crippen LogP contribution in [-0.4, -0.2) is 41.1 Å². The van der Waals surface area contributed by atoms with E-state index in [2.05, 4.69) is 5.32 Å². The highest BCUT2D eigenvalue weighted by atomic mass is 16.5. The molecule has 0 spiro atoms. The third kappa shape index (κ3) is 5.33. The summed E-state index contributed by atoms with van der Waals surface area (Å²) in [5.41, 5.74) is 4.58. The molecule has 1 aliphatic carbocycles. The Morgan fingerprint density at radius 2 is 1.09 bits per heavy atom. The summed E-state index contributed by atoms with van der Waals surface area (Å²) in [6.07, 6.45) is -1.35. The van der Waals surface area contributed by atoms with Crippen LogP contribution in [0, 0.1) is 0 Å². The first kappa shape index (κ1) is 29.4. The molecule has 7 nitrogen and oxygen atoms in total. The van der Waals surface area contributed by atoms with E-state index in [1.165, 1.54) is 12.0 Å². The average molecular weight is 597 g/mol. The van der Waals surface area contributed by atoms with Gasteiger partial charge in [0.15, 0.2) is 0 Å². The van der Waals surface area contributed by atoms with Gasteiger partial charge in [-0.25, -0.2) is 9.59 Å². The zero-order chi connectivity index (χ0) is 31.4. The molecule has 0 aromatic heterocycles. The number of carbonyl (C=O) groups excluding carboxylic acids is 2. The highest BCUT2D eigenvalue weighted by Gasteiger charge is 2.44. The smallest absolute Gasteiger partial charge is 0.411 e. The topological polar surface area (TPSA) is 95.9 Å². The lowest BCUT2D eigenvalue weighted by molar-refractivity contribution is -0.145. The van der Waals surface area contributed by atoms with Gasteiger partial charge in [0.1, 0.15) is 11.6 Å². The van der Waals surface area contributed by atoms with Crippen LogP contribution in [0.15, 0.2) is 140 Å².